The highest BCUT2D eigenvalue weighted by Gasteiger charge is 2.14. The van der Waals surface area contributed by atoms with Crippen molar-refractivity contribution in [1.29, 1.82) is 0 Å². The lowest BCUT2D eigenvalue weighted by Gasteiger charge is -2.15. The molecule has 0 saturated carbocycles. The van der Waals surface area contributed by atoms with Crippen LogP contribution >= 0.6 is 11.6 Å². The fourth-order valence-electron chi connectivity index (χ4n) is 3.85. The Labute approximate surface area is 208 Å². The van der Waals surface area contributed by atoms with E-state index in [1.165, 1.54) is 4.57 Å². The molecule has 35 heavy (non-hydrogen) atoms. The third-order valence-electron chi connectivity index (χ3n) is 5.62. The van der Waals surface area contributed by atoms with E-state index in [0.717, 1.165) is 16.6 Å². The van der Waals surface area contributed by atoms with E-state index in [1.807, 2.05) is 37.3 Å². The predicted octanol–water partition coefficient (Wildman–Crippen LogP) is 5.23. The SMILES string of the molecule is COc1ccc(NCc2cc3ccc(C)cc3n(CC(=O)Nc3ccc(Cl)cc3)c2=O)cc1OC. The van der Waals surface area contributed by atoms with Crippen LogP contribution in [0, 0.1) is 6.92 Å². The highest BCUT2D eigenvalue weighted by atomic mass is 35.5. The van der Waals surface area contributed by atoms with Crippen LogP contribution in [0.25, 0.3) is 10.9 Å². The van der Waals surface area contributed by atoms with Crippen molar-refractivity contribution in [3.8, 4) is 11.5 Å². The maximum atomic E-state index is 13.5. The Balaban J connectivity index is 1.63. The number of hydrogen-bond acceptors (Lipinski definition) is 5. The largest absolute Gasteiger partial charge is 0.493 e. The fourth-order valence-corrected chi connectivity index (χ4v) is 3.97. The molecule has 0 unspecified atom stereocenters. The third kappa shape index (κ3) is 5.58. The smallest absolute Gasteiger partial charge is 0.256 e. The molecule has 4 aromatic rings. The molecule has 0 bridgehead atoms. The minimum atomic E-state index is -0.303. The van der Waals surface area contributed by atoms with Gasteiger partial charge in [-0.15, -0.1) is 0 Å². The van der Waals surface area contributed by atoms with Crippen molar-refractivity contribution in [1.82, 2.24) is 4.57 Å². The van der Waals surface area contributed by atoms with Crippen LogP contribution in [0.5, 0.6) is 11.5 Å². The van der Waals surface area contributed by atoms with Crippen LogP contribution < -0.4 is 25.7 Å². The zero-order valence-corrected chi connectivity index (χ0v) is 20.5. The van der Waals surface area contributed by atoms with Gasteiger partial charge in [0.05, 0.1) is 19.7 Å². The molecule has 0 aliphatic carbocycles. The molecule has 3 aromatic carbocycles. The van der Waals surface area contributed by atoms with E-state index in [9.17, 15) is 9.59 Å². The zero-order valence-electron chi connectivity index (χ0n) is 19.7. The van der Waals surface area contributed by atoms with Gasteiger partial charge in [0.15, 0.2) is 11.5 Å². The molecule has 2 N–H and O–H groups in total. The summed E-state index contributed by atoms with van der Waals surface area (Å²) in [5.74, 6) is 0.901. The molecule has 0 fully saturated rings. The highest BCUT2D eigenvalue weighted by Crippen LogP contribution is 2.30. The minimum Gasteiger partial charge on any atom is -0.493 e. The highest BCUT2D eigenvalue weighted by molar-refractivity contribution is 6.30. The van der Waals surface area contributed by atoms with Gasteiger partial charge < -0.3 is 20.1 Å². The maximum Gasteiger partial charge on any atom is 0.256 e. The van der Waals surface area contributed by atoms with E-state index in [2.05, 4.69) is 10.6 Å². The quantitative estimate of drug-likeness (QED) is 0.352. The Hall–Kier alpha value is -3.97. The summed E-state index contributed by atoms with van der Waals surface area (Å²) in [7, 11) is 3.15. The summed E-state index contributed by atoms with van der Waals surface area (Å²) < 4.78 is 12.2. The van der Waals surface area contributed by atoms with Crippen LogP contribution in [0.4, 0.5) is 11.4 Å². The van der Waals surface area contributed by atoms with E-state index in [4.69, 9.17) is 21.1 Å². The van der Waals surface area contributed by atoms with Crippen LogP contribution in [-0.4, -0.2) is 24.7 Å². The van der Waals surface area contributed by atoms with Crippen molar-refractivity contribution in [3.05, 3.63) is 93.2 Å². The summed E-state index contributed by atoms with van der Waals surface area (Å²) in [6.07, 6.45) is 0. The second-order valence-corrected chi connectivity index (χ2v) is 8.54. The Kier molecular flexibility index (Phi) is 7.27. The Bertz CT molecular complexity index is 1430. The molecule has 8 heteroatoms. The van der Waals surface area contributed by atoms with Crippen LogP contribution in [0.3, 0.4) is 0 Å². The number of methoxy groups -OCH3 is 2. The number of halogens is 1. The molecule has 1 heterocycles. The fraction of sp³-hybridized carbons (Fsp3) is 0.185. The van der Waals surface area contributed by atoms with Gasteiger partial charge in [0.25, 0.3) is 5.56 Å². The molecule has 1 amide bonds. The number of aromatic nitrogens is 1. The molecule has 0 atom stereocenters. The summed E-state index contributed by atoms with van der Waals surface area (Å²) >= 11 is 5.93. The summed E-state index contributed by atoms with van der Waals surface area (Å²) in [5, 5.41) is 7.55. The average Bonchev–Trinajstić information content (AvgIpc) is 2.86. The lowest BCUT2D eigenvalue weighted by Crippen LogP contribution is -2.30. The number of amides is 1. The van der Waals surface area contributed by atoms with Gasteiger partial charge in [-0.3, -0.25) is 14.2 Å². The number of anilines is 2. The lowest BCUT2D eigenvalue weighted by atomic mass is 10.1. The van der Waals surface area contributed by atoms with E-state index >= 15 is 0 Å². The van der Waals surface area contributed by atoms with Gasteiger partial charge in [-0.25, -0.2) is 0 Å². The summed E-state index contributed by atoms with van der Waals surface area (Å²) in [4.78, 5) is 26.3. The molecule has 7 nitrogen and oxygen atoms in total. The number of nitrogens with one attached hydrogen (secondary N) is 2. The van der Waals surface area contributed by atoms with Crippen LogP contribution in [0.15, 0.2) is 71.5 Å². The number of carbonyl (C=O) groups is 1. The number of carbonyl (C=O) groups excluding carboxylic acids is 1. The van der Waals surface area contributed by atoms with E-state index in [-0.39, 0.29) is 24.6 Å². The molecule has 0 aliphatic rings. The molecular weight excluding hydrogens is 466 g/mol. The molecule has 180 valence electrons. The number of benzene rings is 3. The second-order valence-electron chi connectivity index (χ2n) is 8.10. The molecule has 0 saturated heterocycles. The Morgan fingerprint density at radius 3 is 2.34 bits per heavy atom. The second kappa shape index (κ2) is 10.5. The van der Waals surface area contributed by atoms with Crippen molar-refractivity contribution < 1.29 is 14.3 Å². The van der Waals surface area contributed by atoms with Gasteiger partial charge in [-0.2, -0.15) is 0 Å². The summed E-state index contributed by atoms with van der Waals surface area (Å²) in [6, 6.07) is 20.0. The standard InChI is InChI=1S/C27H26ClN3O4/c1-17-4-5-18-13-19(15-29-22-10-11-24(34-2)25(14-22)35-3)27(33)31(23(18)12-17)16-26(32)30-21-8-6-20(28)7-9-21/h4-14,29H,15-16H2,1-3H3,(H,30,32). The number of aryl methyl sites for hydroxylation is 1. The van der Waals surface area contributed by atoms with Crippen molar-refractivity contribution in [2.24, 2.45) is 0 Å². The molecule has 1 aromatic heterocycles. The van der Waals surface area contributed by atoms with Crippen LogP contribution in [0.1, 0.15) is 11.1 Å². The van der Waals surface area contributed by atoms with Gasteiger partial charge in [-0.1, -0.05) is 23.7 Å². The first-order valence-corrected chi connectivity index (χ1v) is 11.4. The van der Waals surface area contributed by atoms with Crippen LogP contribution in [0.2, 0.25) is 5.02 Å². The Morgan fingerprint density at radius 2 is 1.63 bits per heavy atom. The number of hydrogen-bond donors (Lipinski definition) is 2. The van der Waals surface area contributed by atoms with Gasteiger partial charge >= 0.3 is 0 Å². The molecule has 0 spiro atoms. The number of ether oxygens (including phenoxy) is 2. The summed E-state index contributed by atoms with van der Waals surface area (Å²) in [5.41, 5.74) is 3.39. The van der Waals surface area contributed by atoms with Gasteiger partial charge in [0.2, 0.25) is 5.91 Å². The molecule has 0 radical (unpaired) electrons. The normalized spacial score (nSPS) is 10.7. The molecular formula is C27H26ClN3O4. The number of rotatable bonds is 8. The zero-order chi connectivity index (χ0) is 24.9. The first-order valence-electron chi connectivity index (χ1n) is 11.0. The maximum absolute atomic E-state index is 13.5. The number of nitrogens with zero attached hydrogens (tertiary/aromatic N) is 1. The first kappa shape index (κ1) is 24.2. The van der Waals surface area contributed by atoms with Crippen LogP contribution in [-0.2, 0) is 17.9 Å². The predicted molar refractivity (Wildman–Crippen MR) is 140 cm³/mol. The van der Waals surface area contributed by atoms with E-state index in [0.29, 0.717) is 33.3 Å². The topological polar surface area (TPSA) is 81.6 Å². The van der Waals surface area contributed by atoms with Crippen molar-refractivity contribution in [2.45, 2.75) is 20.0 Å². The Morgan fingerprint density at radius 1 is 0.914 bits per heavy atom. The van der Waals surface area contributed by atoms with E-state index < -0.39 is 0 Å². The number of pyridine rings is 1. The third-order valence-corrected chi connectivity index (χ3v) is 5.87. The first-order chi connectivity index (χ1) is 16.9. The average molecular weight is 492 g/mol. The lowest BCUT2D eigenvalue weighted by molar-refractivity contribution is -0.116. The van der Waals surface area contributed by atoms with Gasteiger partial charge in [0, 0.05) is 34.6 Å². The van der Waals surface area contributed by atoms with E-state index in [1.54, 1.807) is 50.6 Å². The van der Waals surface area contributed by atoms with Crippen molar-refractivity contribution in [2.75, 3.05) is 24.9 Å². The minimum absolute atomic E-state index is 0.119. The van der Waals surface area contributed by atoms with Gasteiger partial charge in [-0.05, 0) is 66.4 Å². The van der Waals surface area contributed by atoms with Crippen molar-refractivity contribution in [3.63, 3.8) is 0 Å². The molecule has 0 aliphatic heterocycles. The monoisotopic (exact) mass is 491 g/mol. The van der Waals surface area contributed by atoms with Crippen molar-refractivity contribution >= 4 is 39.8 Å². The molecule has 4 rings (SSSR count). The summed E-state index contributed by atoms with van der Waals surface area (Å²) in [6.45, 7) is 2.11. The van der Waals surface area contributed by atoms with Gasteiger partial charge in [0.1, 0.15) is 6.54 Å². The number of fused-ring (bicyclic) bond motifs is 1.